The topological polar surface area (TPSA) is 75.7 Å². The average Bonchev–Trinajstić information content (AvgIpc) is 2.71. The molecule has 1 N–H and O–H groups in total. The molecule has 6 nitrogen and oxygen atoms in total. The molecule has 1 unspecified atom stereocenters. The SMILES string of the molecule is COC(=O)C(NS(=O)(=O)c1cccc2c(N(C)C)cccc12)c1ccccc1. The van der Waals surface area contributed by atoms with E-state index in [2.05, 4.69) is 4.72 Å². The molecule has 0 spiro atoms. The van der Waals surface area contributed by atoms with Gasteiger partial charge in [-0.3, -0.25) is 0 Å². The minimum atomic E-state index is -4.00. The Morgan fingerprint density at radius 2 is 1.57 bits per heavy atom. The van der Waals surface area contributed by atoms with Gasteiger partial charge in [-0.2, -0.15) is 4.72 Å². The fourth-order valence-electron chi connectivity index (χ4n) is 3.12. The van der Waals surface area contributed by atoms with Crippen molar-refractivity contribution in [1.29, 1.82) is 0 Å². The third kappa shape index (κ3) is 3.85. The number of ether oxygens (including phenoxy) is 1. The fourth-order valence-corrected chi connectivity index (χ4v) is 4.52. The fraction of sp³-hybridized carbons (Fsp3) is 0.190. The smallest absolute Gasteiger partial charge is 0.328 e. The van der Waals surface area contributed by atoms with Crippen molar-refractivity contribution in [2.24, 2.45) is 0 Å². The molecule has 0 fully saturated rings. The van der Waals surface area contributed by atoms with Crippen LogP contribution in [0.2, 0.25) is 0 Å². The van der Waals surface area contributed by atoms with Gasteiger partial charge in [-0.05, 0) is 17.7 Å². The third-order valence-corrected chi connectivity index (χ3v) is 5.95. The highest BCUT2D eigenvalue weighted by atomic mass is 32.2. The predicted molar refractivity (Wildman–Crippen MR) is 110 cm³/mol. The van der Waals surface area contributed by atoms with Gasteiger partial charge < -0.3 is 9.64 Å². The number of rotatable bonds is 6. The highest BCUT2D eigenvalue weighted by Gasteiger charge is 2.29. The van der Waals surface area contributed by atoms with Crippen LogP contribution in [0.25, 0.3) is 10.8 Å². The second-order valence-electron chi connectivity index (χ2n) is 6.51. The summed E-state index contributed by atoms with van der Waals surface area (Å²) in [5.41, 5.74) is 1.41. The summed E-state index contributed by atoms with van der Waals surface area (Å²) in [7, 11) is 1.03. The van der Waals surface area contributed by atoms with Crippen LogP contribution in [0.1, 0.15) is 11.6 Å². The molecule has 1 atom stereocenters. The summed E-state index contributed by atoms with van der Waals surface area (Å²) in [6.45, 7) is 0. The van der Waals surface area contributed by atoms with Gasteiger partial charge >= 0.3 is 5.97 Å². The molecule has 0 radical (unpaired) electrons. The molecule has 146 valence electrons. The molecule has 0 saturated heterocycles. The Balaban J connectivity index is 2.10. The molecule has 7 heteroatoms. The maximum atomic E-state index is 13.2. The maximum absolute atomic E-state index is 13.2. The van der Waals surface area contributed by atoms with Gasteiger partial charge in [0.05, 0.1) is 12.0 Å². The molecule has 0 heterocycles. The summed E-state index contributed by atoms with van der Waals surface area (Å²) in [4.78, 5) is 14.3. The van der Waals surface area contributed by atoms with Crippen LogP contribution in [0.4, 0.5) is 5.69 Å². The summed E-state index contributed by atoms with van der Waals surface area (Å²) < 4.78 is 33.7. The molecule has 0 aliphatic heterocycles. The van der Waals surface area contributed by atoms with Gasteiger partial charge in [0.1, 0.15) is 6.04 Å². The van der Waals surface area contributed by atoms with E-state index in [4.69, 9.17) is 4.74 Å². The van der Waals surface area contributed by atoms with Crippen molar-refractivity contribution in [3.8, 4) is 0 Å². The van der Waals surface area contributed by atoms with Crippen molar-refractivity contribution < 1.29 is 17.9 Å². The number of carbonyl (C=O) groups excluding carboxylic acids is 1. The molecule has 0 aromatic heterocycles. The van der Waals surface area contributed by atoms with Crippen molar-refractivity contribution in [2.75, 3.05) is 26.1 Å². The number of fused-ring (bicyclic) bond motifs is 1. The minimum absolute atomic E-state index is 0.110. The predicted octanol–water partition coefficient (Wildman–Crippen LogP) is 3.10. The van der Waals surface area contributed by atoms with Crippen LogP contribution in [-0.4, -0.2) is 35.6 Å². The van der Waals surface area contributed by atoms with E-state index >= 15 is 0 Å². The van der Waals surface area contributed by atoms with Crippen LogP contribution in [-0.2, 0) is 19.6 Å². The van der Waals surface area contributed by atoms with Crippen molar-refractivity contribution in [3.05, 3.63) is 72.3 Å². The number of esters is 1. The lowest BCUT2D eigenvalue weighted by atomic mass is 10.1. The number of hydrogen-bond acceptors (Lipinski definition) is 5. The lowest BCUT2D eigenvalue weighted by molar-refractivity contribution is -0.142. The lowest BCUT2D eigenvalue weighted by Crippen LogP contribution is -2.34. The van der Waals surface area contributed by atoms with E-state index in [1.54, 1.807) is 42.5 Å². The number of sulfonamides is 1. The van der Waals surface area contributed by atoms with E-state index in [1.165, 1.54) is 13.2 Å². The number of nitrogens with zero attached hydrogens (tertiary/aromatic N) is 1. The summed E-state index contributed by atoms with van der Waals surface area (Å²) >= 11 is 0. The number of nitrogens with one attached hydrogen (secondary N) is 1. The van der Waals surface area contributed by atoms with Crippen LogP contribution in [0.3, 0.4) is 0 Å². The van der Waals surface area contributed by atoms with Crippen LogP contribution < -0.4 is 9.62 Å². The van der Waals surface area contributed by atoms with E-state index in [1.807, 2.05) is 37.2 Å². The normalized spacial score (nSPS) is 12.5. The lowest BCUT2D eigenvalue weighted by Gasteiger charge is -2.19. The molecule has 0 aliphatic carbocycles. The first-order valence-electron chi connectivity index (χ1n) is 8.69. The second-order valence-corrected chi connectivity index (χ2v) is 8.19. The minimum Gasteiger partial charge on any atom is -0.468 e. The van der Waals surface area contributed by atoms with Gasteiger partial charge in [0.2, 0.25) is 10.0 Å². The zero-order chi connectivity index (χ0) is 20.3. The van der Waals surface area contributed by atoms with Crippen LogP contribution in [0.15, 0.2) is 71.6 Å². The van der Waals surface area contributed by atoms with Crippen molar-refractivity contribution in [2.45, 2.75) is 10.9 Å². The Hall–Kier alpha value is -2.90. The number of methoxy groups -OCH3 is 1. The molecule has 0 amide bonds. The zero-order valence-corrected chi connectivity index (χ0v) is 16.7. The summed E-state index contributed by atoms with van der Waals surface area (Å²) in [5, 5.41) is 1.39. The van der Waals surface area contributed by atoms with E-state index in [9.17, 15) is 13.2 Å². The molecule has 3 aromatic carbocycles. The second kappa shape index (κ2) is 8.00. The largest absolute Gasteiger partial charge is 0.468 e. The average molecular weight is 398 g/mol. The van der Waals surface area contributed by atoms with Crippen molar-refractivity contribution in [3.63, 3.8) is 0 Å². The van der Waals surface area contributed by atoms with Gasteiger partial charge in [-0.25, -0.2) is 13.2 Å². The van der Waals surface area contributed by atoms with Gasteiger partial charge in [0.15, 0.2) is 0 Å². The first kappa shape index (κ1) is 19.9. The molecule has 3 rings (SSSR count). The van der Waals surface area contributed by atoms with E-state index in [0.29, 0.717) is 10.9 Å². The highest BCUT2D eigenvalue weighted by Crippen LogP contribution is 2.31. The van der Waals surface area contributed by atoms with Crippen molar-refractivity contribution in [1.82, 2.24) is 4.72 Å². The van der Waals surface area contributed by atoms with Crippen molar-refractivity contribution >= 4 is 32.5 Å². The maximum Gasteiger partial charge on any atom is 0.328 e. The Labute approximate surface area is 164 Å². The van der Waals surface area contributed by atoms with Crippen LogP contribution >= 0.6 is 0 Å². The summed E-state index contributed by atoms with van der Waals surface area (Å²) in [5.74, 6) is -0.677. The highest BCUT2D eigenvalue weighted by molar-refractivity contribution is 7.89. The quantitative estimate of drug-likeness (QED) is 0.646. The van der Waals surface area contributed by atoms with E-state index in [0.717, 1.165) is 11.1 Å². The zero-order valence-electron chi connectivity index (χ0n) is 15.9. The van der Waals surface area contributed by atoms with Crippen LogP contribution in [0.5, 0.6) is 0 Å². The van der Waals surface area contributed by atoms with Crippen LogP contribution in [0, 0.1) is 0 Å². The molecule has 3 aromatic rings. The Bertz CT molecular complexity index is 1100. The van der Waals surface area contributed by atoms with E-state index in [-0.39, 0.29) is 4.90 Å². The standard InChI is InChI=1S/C21H22N2O4S/c1-23(2)18-13-7-12-17-16(18)11-8-14-19(17)28(25,26)22-20(21(24)27-3)15-9-5-4-6-10-15/h4-14,20,22H,1-3H3. The third-order valence-electron chi connectivity index (χ3n) is 4.47. The molecule has 0 aliphatic rings. The molecule has 0 bridgehead atoms. The molecule has 0 saturated carbocycles. The van der Waals surface area contributed by atoms with Gasteiger partial charge in [-0.15, -0.1) is 0 Å². The van der Waals surface area contributed by atoms with Gasteiger partial charge in [-0.1, -0.05) is 54.6 Å². The molecular formula is C21H22N2O4S. The van der Waals surface area contributed by atoms with Gasteiger partial charge in [0, 0.05) is 30.6 Å². The molecule has 28 heavy (non-hydrogen) atoms. The number of benzene rings is 3. The van der Waals surface area contributed by atoms with E-state index < -0.39 is 22.0 Å². The Kier molecular flexibility index (Phi) is 5.67. The number of hydrogen-bond donors (Lipinski definition) is 1. The van der Waals surface area contributed by atoms with Gasteiger partial charge in [0.25, 0.3) is 0 Å². The number of anilines is 1. The Morgan fingerprint density at radius 1 is 0.929 bits per heavy atom. The summed E-state index contributed by atoms with van der Waals surface area (Å²) in [6, 6.07) is 18.1. The molecular weight excluding hydrogens is 376 g/mol. The Morgan fingerprint density at radius 3 is 2.21 bits per heavy atom. The monoisotopic (exact) mass is 398 g/mol. The first-order chi connectivity index (χ1) is 13.3. The summed E-state index contributed by atoms with van der Waals surface area (Å²) in [6.07, 6.45) is 0. The first-order valence-corrected chi connectivity index (χ1v) is 10.2. The number of carbonyl (C=O) groups is 1.